The first kappa shape index (κ1) is 19.1. The summed E-state index contributed by atoms with van der Waals surface area (Å²) in [6.45, 7) is 9.05. The molecule has 0 amide bonds. The van der Waals surface area contributed by atoms with Gasteiger partial charge in [0.25, 0.3) is 0 Å². The number of hydrogen-bond donors (Lipinski definition) is 1. The van der Waals surface area contributed by atoms with Crippen molar-refractivity contribution in [3.63, 3.8) is 0 Å². The van der Waals surface area contributed by atoms with E-state index in [1.165, 1.54) is 40.8 Å². The van der Waals surface area contributed by atoms with E-state index in [4.69, 9.17) is 0 Å². The number of rotatable bonds is 11. The van der Waals surface area contributed by atoms with Crippen LogP contribution in [-0.2, 0) is 6.42 Å². The van der Waals surface area contributed by atoms with Crippen LogP contribution in [0.5, 0.6) is 0 Å². The Morgan fingerprint density at radius 1 is 1.24 bits per heavy atom. The van der Waals surface area contributed by atoms with Gasteiger partial charge in [-0.2, -0.15) is 11.8 Å². The molecule has 1 atom stereocenters. The highest BCUT2D eigenvalue weighted by atomic mass is 79.9. The predicted molar refractivity (Wildman–Crippen MR) is 101 cm³/mol. The van der Waals surface area contributed by atoms with Gasteiger partial charge in [0.1, 0.15) is 0 Å². The molecular formula is C18H30BrNS. The van der Waals surface area contributed by atoms with Gasteiger partial charge in [-0.1, -0.05) is 48.8 Å². The Morgan fingerprint density at radius 2 is 2.05 bits per heavy atom. The van der Waals surface area contributed by atoms with Gasteiger partial charge in [-0.05, 0) is 73.4 Å². The van der Waals surface area contributed by atoms with Crippen LogP contribution in [0.15, 0.2) is 28.7 Å². The van der Waals surface area contributed by atoms with E-state index in [1.54, 1.807) is 0 Å². The molecule has 1 unspecified atom stereocenters. The summed E-state index contributed by atoms with van der Waals surface area (Å²) in [5.41, 5.74) is 1.45. The minimum atomic E-state index is 0.729. The largest absolute Gasteiger partial charge is 0.316 e. The van der Waals surface area contributed by atoms with Gasteiger partial charge in [0, 0.05) is 4.47 Å². The molecule has 0 aromatic heterocycles. The molecule has 120 valence electrons. The summed E-state index contributed by atoms with van der Waals surface area (Å²) in [6, 6.07) is 8.76. The van der Waals surface area contributed by atoms with Crippen LogP contribution >= 0.6 is 27.7 Å². The van der Waals surface area contributed by atoms with Gasteiger partial charge in [0.15, 0.2) is 0 Å². The summed E-state index contributed by atoms with van der Waals surface area (Å²) in [5, 5.41) is 3.64. The Hall–Kier alpha value is 0.01000. The molecule has 0 saturated carbocycles. The van der Waals surface area contributed by atoms with Crippen molar-refractivity contribution < 1.29 is 0 Å². The molecular weight excluding hydrogens is 342 g/mol. The van der Waals surface area contributed by atoms with Gasteiger partial charge >= 0.3 is 0 Å². The maximum Gasteiger partial charge on any atom is 0.0177 e. The summed E-state index contributed by atoms with van der Waals surface area (Å²) in [7, 11) is 0. The fourth-order valence-electron chi connectivity index (χ4n) is 2.47. The summed E-state index contributed by atoms with van der Waals surface area (Å²) in [5.74, 6) is 4.01. The van der Waals surface area contributed by atoms with E-state index < -0.39 is 0 Å². The monoisotopic (exact) mass is 371 g/mol. The number of nitrogens with one attached hydrogen (secondary N) is 1. The lowest BCUT2D eigenvalue weighted by molar-refractivity contribution is 0.422. The smallest absolute Gasteiger partial charge is 0.0177 e. The SMILES string of the molecule is CCSCCCC(CNCC(C)C)Cc1cccc(Br)c1. The Bertz CT molecular complexity index is 381. The van der Waals surface area contributed by atoms with Crippen molar-refractivity contribution in [1.29, 1.82) is 0 Å². The van der Waals surface area contributed by atoms with Gasteiger partial charge in [-0.25, -0.2) is 0 Å². The zero-order valence-corrected chi connectivity index (χ0v) is 16.1. The first-order chi connectivity index (χ1) is 10.1. The molecule has 0 heterocycles. The minimum absolute atomic E-state index is 0.729. The van der Waals surface area contributed by atoms with Crippen molar-refractivity contribution in [2.24, 2.45) is 11.8 Å². The van der Waals surface area contributed by atoms with Gasteiger partial charge in [0.2, 0.25) is 0 Å². The van der Waals surface area contributed by atoms with Crippen molar-refractivity contribution >= 4 is 27.7 Å². The molecule has 0 bridgehead atoms. The van der Waals surface area contributed by atoms with Gasteiger partial charge in [0.05, 0.1) is 0 Å². The zero-order chi connectivity index (χ0) is 15.5. The minimum Gasteiger partial charge on any atom is -0.316 e. The van der Waals surface area contributed by atoms with E-state index in [0.717, 1.165) is 24.9 Å². The third kappa shape index (κ3) is 9.59. The van der Waals surface area contributed by atoms with E-state index in [1.807, 2.05) is 0 Å². The maximum atomic E-state index is 3.64. The van der Waals surface area contributed by atoms with Crippen LogP contribution in [0.4, 0.5) is 0 Å². The quantitative estimate of drug-likeness (QED) is 0.523. The fourth-order valence-corrected chi connectivity index (χ4v) is 3.57. The van der Waals surface area contributed by atoms with Crippen LogP contribution in [0.25, 0.3) is 0 Å². The summed E-state index contributed by atoms with van der Waals surface area (Å²) >= 11 is 5.64. The van der Waals surface area contributed by atoms with E-state index in [0.29, 0.717) is 0 Å². The number of benzene rings is 1. The third-order valence-corrected chi connectivity index (χ3v) is 4.98. The highest BCUT2D eigenvalue weighted by Gasteiger charge is 2.10. The second kappa shape index (κ2) is 11.6. The van der Waals surface area contributed by atoms with Gasteiger partial charge in [-0.3, -0.25) is 0 Å². The molecule has 21 heavy (non-hydrogen) atoms. The molecule has 0 fully saturated rings. The first-order valence-corrected chi connectivity index (χ1v) is 10.1. The van der Waals surface area contributed by atoms with E-state index in [-0.39, 0.29) is 0 Å². The molecule has 0 spiro atoms. The molecule has 1 N–H and O–H groups in total. The van der Waals surface area contributed by atoms with Gasteiger partial charge < -0.3 is 5.32 Å². The molecule has 3 heteroatoms. The van der Waals surface area contributed by atoms with Crippen LogP contribution in [-0.4, -0.2) is 24.6 Å². The standard InChI is InChI=1S/C18H30BrNS/c1-4-21-10-6-8-17(14-20-13-15(2)3)11-16-7-5-9-18(19)12-16/h5,7,9,12,15,17,20H,4,6,8,10-11,13-14H2,1-3H3. The average Bonchev–Trinajstić information content (AvgIpc) is 2.43. The molecule has 0 aliphatic heterocycles. The number of hydrogen-bond acceptors (Lipinski definition) is 2. The second-order valence-corrected chi connectivity index (χ2v) is 8.40. The van der Waals surface area contributed by atoms with Crippen LogP contribution in [0.1, 0.15) is 39.2 Å². The molecule has 1 nitrogen and oxygen atoms in total. The molecule has 0 saturated heterocycles. The van der Waals surface area contributed by atoms with Crippen LogP contribution < -0.4 is 5.32 Å². The van der Waals surface area contributed by atoms with Crippen LogP contribution in [0, 0.1) is 11.8 Å². The highest BCUT2D eigenvalue weighted by molar-refractivity contribution is 9.10. The summed E-state index contributed by atoms with van der Waals surface area (Å²) in [6.07, 6.45) is 3.84. The molecule has 1 aromatic carbocycles. The topological polar surface area (TPSA) is 12.0 Å². The van der Waals surface area contributed by atoms with Crippen molar-refractivity contribution in [2.75, 3.05) is 24.6 Å². The normalized spacial score (nSPS) is 12.8. The Morgan fingerprint density at radius 3 is 2.71 bits per heavy atom. The zero-order valence-electron chi connectivity index (χ0n) is 13.7. The summed E-state index contributed by atoms with van der Waals surface area (Å²) < 4.78 is 1.19. The molecule has 1 rings (SSSR count). The van der Waals surface area contributed by atoms with E-state index >= 15 is 0 Å². The number of halogens is 1. The lowest BCUT2D eigenvalue weighted by Crippen LogP contribution is -2.27. The van der Waals surface area contributed by atoms with Crippen molar-refractivity contribution in [3.05, 3.63) is 34.3 Å². The molecule has 1 aromatic rings. The fraction of sp³-hybridized carbons (Fsp3) is 0.667. The first-order valence-electron chi connectivity index (χ1n) is 8.14. The number of thioether (sulfide) groups is 1. The highest BCUT2D eigenvalue weighted by Crippen LogP contribution is 2.19. The third-order valence-electron chi connectivity index (χ3n) is 3.50. The maximum absolute atomic E-state index is 3.64. The Kier molecular flexibility index (Phi) is 10.5. The Labute approximate surface area is 143 Å². The van der Waals surface area contributed by atoms with Crippen molar-refractivity contribution in [3.8, 4) is 0 Å². The lowest BCUT2D eigenvalue weighted by atomic mass is 9.95. The summed E-state index contributed by atoms with van der Waals surface area (Å²) in [4.78, 5) is 0. The molecule has 0 aliphatic rings. The second-order valence-electron chi connectivity index (χ2n) is 6.09. The van der Waals surface area contributed by atoms with E-state index in [2.05, 4.69) is 78.0 Å². The van der Waals surface area contributed by atoms with Crippen molar-refractivity contribution in [1.82, 2.24) is 5.32 Å². The van der Waals surface area contributed by atoms with Gasteiger partial charge in [-0.15, -0.1) is 0 Å². The predicted octanol–water partition coefficient (Wildman–Crippen LogP) is 5.39. The van der Waals surface area contributed by atoms with Crippen LogP contribution in [0.3, 0.4) is 0 Å². The Balaban J connectivity index is 2.45. The molecule has 0 aliphatic carbocycles. The molecule has 0 radical (unpaired) electrons. The van der Waals surface area contributed by atoms with Crippen molar-refractivity contribution in [2.45, 2.75) is 40.0 Å². The van der Waals surface area contributed by atoms with Crippen LogP contribution in [0.2, 0.25) is 0 Å². The van der Waals surface area contributed by atoms with E-state index in [9.17, 15) is 0 Å². The average molecular weight is 372 g/mol. The lowest BCUT2D eigenvalue weighted by Gasteiger charge is -2.19.